The number of amides is 3. The van der Waals surface area contributed by atoms with Gasteiger partial charge in [-0.25, -0.2) is 0 Å². The van der Waals surface area contributed by atoms with Gasteiger partial charge in [0.2, 0.25) is 17.7 Å². The number of hydrogen-bond acceptors (Lipinski definition) is 3. The Morgan fingerprint density at radius 1 is 0.926 bits per heavy atom. The molecule has 0 spiro atoms. The lowest BCUT2D eigenvalue weighted by Gasteiger charge is -2.57. The minimum Gasteiger partial charge on any atom is -0.355 e. The Hall–Kier alpha value is -1.39. The molecule has 6 aliphatic rings. The van der Waals surface area contributed by atoms with Gasteiger partial charge in [-0.05, 0) is 81.0 Å². The number of rotatable bonds is 5. The molecule has 6 fully saturated rings. The number of carbonyl (C=O) groups is 3. The van der Waals surface area contributed by atoms with Crippen molar-refractivity contribution in [1.82, 2.24) is 10.2 Å². The molecule has 5 aliphatic carbocycles. The molecule has 6 rings (SSSR count). The monoisotopic (exact) mass is 372 g/mol. The molecule has 0 radical (unpaired) electrons. The number of hydrogen-bond donors (Lipinski definition) is 1. The molecule has 5 saturated carbocycles. The van der Waals surface area contributed by atoms with Gasteiger partial charge in [-0.3, -0.25) is 19.3 Å². The molecule has 0 aromatic carbocycles. The van der Waals surface area contributed by atoms with Crippen molar-refractivity contribution in [2.45, 2.75) is 70.6 Å². The third-order valence-corrected chi connectivity index (χ3v) is 8.38. The predicted octanol–water partition coefficient (Wildman–Crippen LogP) is 2.88. The van der Waals surface area contributed by atoms with Crippen molar-refractivity contribution in [2.75, 3.05) is 13.1 Å². The van der Waals surface area contributed by atoms with E-state index in [1.54, 1.807) is 0 Å². The average molecular weight is 373 g/mol. The third-order valence-electron chi connectivity index (χ3n) is 8.38. The molecule has 4 bridgehead atoms. The largest absolute Gasteiger partial charge is 0.355 e. The number of carbonyl (C=O) groups excluding carboxylic acids is 3. The molecular formula is C22H32N2O3. The summed E-state index contributed by atoms with van der Waals surface area (Å²) in [6.45, 7) is 0.611. The van der Waals surface area contributed by atoms with Crippen molar-refractivity contribution in [2.24, 2.45) is 35.0 Å². The van der Waals surface area contributed by atoms with Gasteiger partial charge in [-0.15, -0.1) is 0 Å². The first-order chi connectivity index (χ1) is 13.0. The summed E-state index contributed by atoms with van der Waals surface area (Å²) >= 11 is 0. The van der Waals surface area contributed by atoms with E-state index in [1.807, 2.05) is 0 Å². The molecule has 1 N–H and O–H groups in total. The van der Waals surface area contributed by atoms with Crippen LogP contribution in [-0.2, 0) is 14.4 Å². The average Bonchev–Trinajstić information content (AvgIpc) is 2.86. The lowest BCUT2D eigenvalue weighted by atomic mass is 9.49. The highest BCUT2D eigenvalue weighted by Gasteiger charge is 2.51. The van der Waals surface area contributed by atoms with E-state index in [1.165, 1.54) is 43.4 Å². The van der Waals surface area contributed by atoms with E-state index in [0.717, 1.165) is 49.9 Å². The van der Waals surface area contributed by atoms with Gasteiger partial charge >= 0.3 is 0 Å². The van der Waals surface area contributed by atoms with Crippen LogP contribution in [0, 0.1) is 35.0 Å². The van der Waals surface area contributed by atoms with Crippen LogP contribution < -0.4 is 5.32 Å². The topological polar surface area (TPSA) is 66.5 Å². The predicted molar refractivity (Wildman–Crippen MR) is 100 cm³/mol. The van der Waals surface area contributed by atoms with Gasteiger partial charge in [0.25, 0.3) is 0 Å². The third kappa shape index (κ3) is 3.11. The second-order valence-electron chi connectivity index (χ2n) is 10.3. The number of fused-ring (bicyclic) bond motifs is 1. The summed E-state index contributed by atoms with van der Waals surface area (Å²) in [5.74, 6) is 2.07. The van der Waals surface area contributed by atoms with E-state index in [2.05, 4.69) is 5.32 Å². The van der Waals surface area contributed by atoms with Crippen LogP contribution in [0.15, 0.2) is 0 Å². The van der Waals surface area contributed by atoms with Gasteiger partial charge in [0.1, 0.15) is 6.54 Å². The fourth-order valence-electron chi connectivity index (χ4n) is 7.65. The van der Waals surface area contributed by atoms with Gasteiger partial charge in [0, 0.05) is 6.54 Å². The second-order valence-corrected chi connectivity index (χ2v) is 10.3. The summed E-state index contributed by atoms with van der Waals surface area (Å²) < 4.78 is 0. The Balaban J connectivity index is 1.13. The van der Waals surface area contributed by atoms with Crippen LogP contribution in [0.3, 0.4) is 0 Å². The normalized spacial score (nSPS) is 42.5. The van der Waals surface area contributed by atoms with E-state index >= 15 is 0 Å². The maximum atomic E-state index is 12.5. The van der Waals surface area contributed by atoms with Crippen LogP contribution in [0.2, 0.25) is 0 Å². The molecule has 5 nitrogen and oxygen atoms in total. The standard InChI is InChI=1S/C22H32N2O3/c25-19(13-24-20(26)17-3-1-2-4-18(17)21(24)27)23-6-5-22-10-14-7-15(11-22)9-16(8-14)12-22/h14-18H,1-13H2,(H,23,25). The Kier molecular flexibility index (Phi) is 4.32. The first kappa shape index (κ1) is 17.7. The highest BCUT2D eigenvalue weighted by Crippen LogP contribution is 2.61. The van der Waals surface area contributed by atoms with E-state index in [9.17, 15) is 14.4 Å². The molecule has 0 aromatic heterocycles. The number of nitrogens with one attached hydrogen (secondary N) is 1. The van der Waals surface area contributed by atoms with Gasteiger partial charge in [-0.2, -0.15) is 0 Å². The van der Waals surface area contributed by atoms with E-state index in [0.29, 0.717) is 12.0 Å². The molecule has 1 aliphatic heterocycles. The first-order valence-electron chi connectivity index (χ1n) is 11.1. The second kappa shape index (κ2) is 6.59. The maximum absolute atomic E-state index is 12.5. The maximum Gasteiger partial charge on any atom is 0.240 e. The molecule has 1 saturated heterocycles. The van der Waals surface area contributed by atoms with Crippen molar-refractivity contribution >= 4 is 17.7 Å². The zero-order chi connectivity index (χ0) is 18.6. The highest BCUT2D eigenvalue weighted by molar-refractivity contribution is 6.07. The van der Waals surface area contributed by atoms with Gasteiger partial charge < -0.3 is 5.32 Å². The minimum absolute atomic E-state index is 0.0778. The molecule has 3 amide bonds. The van der Waals surface area contributed by atoms with Crippen molar-refractivity contribution in [3.05, 3.63) is 0 Å². The Morgan fingerprint density at radius 2 is 1.44 bits per heavy atom. The number of nitrogens with zero attached hydrogens (tertiary/aromatic N) is 1. The summed E-state index contributed by atoms with van der Waals surface area (Å²) in [5, 5.41) is 3.02. The SMILES string of the molecule is O=C(CN1C(=O)C2CCCCC2C1=O)NCCC12CC3CC(CC(C3)C1)C2. The van der Waals surface area contributed by atoms with Crippen LogP contribution in [0.1, 0.15) is 70.6 Å². The fraction of sp³-hybridized carbons (Fsp3) is 0.864. The molecule has 148 valence electrons. The van der Waals surface area contributed by atoms with Crippen LogP contribution in [-0.4, -0.2) is 35.7 Å². The zero-order valence-corrected chi connectivity index (χ0v) is 16.3. The van der Waals surface area contributed by atoms with Crippen molar-refractivity contribution in [1.29, 1.82) is 0 Å². The summed E-state index contributed by atoms with van der Waals surface area (Å²) in [6, 6.07) is 0. The molecule has 1 heterocycles. The number of likely N-dealkylation sites (tertiary alicyclic amines) is 1. The van der Waals surface area contributed by atoms with Crippen molar-refractivity contribution in [3.8, 4) is 0 Å². The van der Waals surface area contributed by atoms with Crippen LogP contribution in [0.4, 0.5) is 0 Å². The molecular weight excluding hydrogens is 340 g/mol. The Morgan fingerprint density at radius 3 is 1.96 bits per heavy atom. The van der Waals surface area contributed by atoms with Crippen molar-refractivity contribution < 1.29 is 14.4 Å². The van der Waals surface area contributed by atoms with Crippen molar-refractivity contribution in [3.63, 3.8) is 0 Å². The molecule has 27 heavy (non-hydrogen) atoms. The molecule has 0 aromatic rings. The smallest absolute Gasteiger partial charge is 0.240 e. The van der Waals surface area contributed by atoms with Gasteiger partial charge in [0.15, 0.2) is 0 Å². The lowest BCUT2D eigenvalue weighted by molar-refractivity contribution is -0.143. The Labute approximate surface area is 161 Å². The molecule has 2 unspecified atom stereocenters. The first-order valence-corrected chi connectivity index (χ1v) is 11.1. The summed E-state index contributed by atoms with van der Waals surface area (Å²) in [4.78, 5) is 38.7. The van der Waals surface area contributed by atoms with Gasteiger partial charge in [-0.1, -0.05) is 12.8 Å². The highest BCUT2D eigenvalue weighted by atomic mass is 16.2. The van der Waals surface area contributed by atoms with E-state index < -0.39 is 0 Å². The molecule has 5 heteroatoms. The van der Waals surface area contributed by atoms with E-state index in [-0.39, 0.29) is 36.1 Å². The fourth-order valence-corrected chi connectivity index (χ4v) is 7.65. The van der Waals surface area contributed by atoms with E-state index in [4.69, 9.17) is 0 Å². The Bertz CT molecular complexity index is 599. The molecule has 2 atom stereocenters. The summed E-state index contributed by atoms with van der Waals surface area (Å²) in [6.07, 6.45) is 13.1. The summed E-state index contributed by atoms with van der Waals surface area (Å²) in [7, 11) is 0. The summed E-state index contributed by atoms with van der Waals surface area (Å²) in [5.41, 5.74) is 0.455. The van der Waals surface area contributed by atoms with Crippen LogP contribution >= 0.6 is 0 Å². The van der Waals surface area contributed by atoms with Gasteiger partial charge in [0.05, 0.1) is 11.8 Å². The minimum atomic E-state index is -0.167. The van der Waals surface area contributed by atoms with Crippen LogP contribution in [0.5, 0.6) is 0 Å². The zero-order valence-electron chi connectivity index (χ0n) is 16.3. The number of imide groups is 1. The van der Waals surface area contributed by atoms with Crippen LogP contribution in [0.25, 0.3) is 0 Å². The quantitative estimate of drug-likeness (QED) is 0.755. The lowest BCUT2D eigenvalue weighted by Crippen LogP contribution is -2.48.